The Morgan fingerprint density at radius 1 is 1.29 bits per heavy atom. The van der Waals surface area contributed by atoms with Crippen molar-refractivity contribution in [2.75, 3.05) is 7.11 Å². The van der Waals surface area contributed by atoms with Crippen molar-refractivity contribution >= 4 is 5.97 Å². The van der Waals surface area contributed by atoms with Gasteiger partial charge < -0.3 is 9.84 Å². The van der Waals surface area contributed by atoms with E-state index in [2.05, 4.69) is 26.0 Å². The van der Waals surface area contributed by atoms with Crippen molar-refractivity contribution in [2.24, 2.45) is 10.8 Å². The monoisotopic (exact) mass is 288 g/mol. The van der Waals surface area contributed by atoms with Crippen LogP contribution in [0.1, 0.15) is 56.6 Å². The molecule has 1 N–H and O–H groups in total. The summed E-state index contributed by atoms with van der Waals surface area (Å²) in [7, 11) is 1.68. The van der Waals surface area contributed by atoms with Crippen LogP contribution in [-0.4, -0.2) is 18.2 Å². The number of carboxylic acids is 1. The van der Waals surface area contributed by atoms with E-state index >= 15 is 0 Å². The quantitative estimate of drug-likeness (QED) is 0.894. The van der Waals surface area contributed by atoms with Crippen LogP contribution in [0.2, 0.25) is 0 Å². The summed E-state index contributed by atoms with van der Waals surface area (Å²) in [5, 5.41) is 9.90. The number of fused-ring (bicyclic) bond motifs is 3. The number of carbonyl (C=O) groups is 1. The fourth-order valence-electron chi connectivity index (χ4n) is 4.28. The lowest BCUT2D eigenvalue weighted by Gasteiger charge is -2.50. The van der Waals surface area contributed by atoms with E-state index in [1.165, 1.54) is 11.1 Å². The average Bonchev–Trinajstić information content (AvgIpc) is 2.45. The first kappa shape index (κ1) is 14.4. The molecule has 21 heavy (non-hydrogen) atoms. The van der Waals surface area contributed by atoms with Gasteiger partial charge in [-0.25, -0.2) is 0 Å². The topological polar surface area (TPSA) is 46.5 Å². The third-order valence-corrected chi connectivity index (χ3v) is 5.66. The zero-order valence-corrected chi connectivity index (χ0v) is 13.1. The summed E-state index contributed by atoms with van der Waals surface area (Å²) in [6.07, 6.45) is 4.35. The molecule has 0 radical (unpaired) electrons. The maximum absolute atomic E-state index is 12.0. The summed E-state index contributed by atoms with van der Waals surface area (Å²) >= 11 is 0. The Kier molecular flexibility index (Phi) is 3.27. The minimum Gasteiger partial charge on any atom is -0.497 e. The zero-order valence-electron chi connectivity index (χ0n) is 13.1. The Bertz CT molecular complexity index is 576. The van der Waals surface area contributed by atoms with Crippen LogP contribution in [0, 0.1) is 10.8 Å². The highest BCUT2D eigenvalue weighted by atomic mass is 16.5. The highest BCUT2D eigenvalue weighted by Crippen LogP contribution is 2.58. The molecule has 0 saturated heterocycles. The standard InChI is InChI=1S/C18H24O3/c1-17(2)8-9-18(16(19)20)7-6-12-10-13(21-3)4-5-14(12)15(18)11-17/h4-5,10,15H,6-9,11H2,1-3H3,(H,19,20)/t15-,18-/m1/s1. The Labute approximate surface area is 126 Å². The van der Waals surface area contributed by atoms with Gasteiger partial charge >= 0.3 is 5.97 Å². The largest absolute Gasteiger partial charge is 0.497 e. The van der Waals surface area contributed by atoms with Crippen molar-refractivity contribution in [2.45, 2.75) is 51.9 Å². The second-order valence-electron chi connectivity index (χ2n) is 7.45. The molecule has 0 spiro atoms. The van der Waals surface area contributed by atoms with E-state index in [0.29, 0.717) is 0 Å². The maximum atomic E-state index is 12.0. The zero-order chi connectivity index (χ0) is 15.3. The Balaban J connectivity index is 2.08. The Morgan fingerprint density at radius 3 is 2.71 bits per heavy atom. The van der Waals surface area contributed by atoms with Crippen molar-refractivity contribution < 1.29 is 14.6 Å². The fraction of sp³-hybridized carbons (Fsp3) is 0.611. The first-order valence-electron chi connectivity index (χ1n) is 7.78. The van der Waals surface area contributed by atoms with Gasteiger partial charge in [0.15, 0.2) is 0 Å². The third kappa shape index (κ3) is 2.23. The molecule has 0 aromatic heterocycles. The molecular formula is C18H24O3. The van der Waals surface area contributed by atoms with E-state index in [1.807, 2.05) is 6.07 Å². The summed E-state index contributed by atoms with van der Waals surface area (Å²) in [6.45, 7) is 4.52. The van der Waals surface area contributed by atoms with Crippen LogP contribution in [-0.2, 0) is 11.2 Å². The summed E-state index contributed by atoms with van der Waals surface area (Å²) in [4.78, 5) is 12.0. The summed E-state index contributed by atoms with van der Waals surface area (Å²) < 4.78 is 5.31. The molecule has 3 nitrogen and oxygen atoms in total. The number of hydrogen-bond acceptors (Lipinski definition) is 2. The number of ether oxygens (including phenoxy) is 1. The molecule has 1 aromatic carbocycles. The molecule has 0 amide bonds. The van der Waals surface area contributed by atoms with Crippen LogP contribution < -0.4 is 4.74 Å². The molecule has 1 fully saturated rings. The Morgan fingerprint density at radius 2 is 2.05 bits per heavy atom. The highest BCUT2D eigenvalue weighted by Gasteiger charge is 2.53. The highest BCUT2D eigenvalue weighted by molar-refractivity contribution is 5.77. The van der Waals surface area contributed by atoms with Crippen molar-refractivity contribution in [3.63, 3.8) is 0 Å². The second-order valence-corrected chi connectivity index (χ2v) is 7.45. The van der Waals surface area contributed by atoms with Gasteiger partial charge in [0.25, 0.3) is 0 Å². The summed E-state index contributed by atoms with van der Waals surface area (Å²) in [5.74, 6) is 0.393. The summed E-state index contributed by atoms with van der Waals surface area (Å²) in [5.41, 5.74) is 2.17. The smallest absolute Gasteiger partial charge is 0.310 e. The molecule has 2 aliphatic rings. The first-order valence-corrected chi connectivity index (χ1v) is 7.78. The van der Waals surface area contributed by atoms with Crippen LogP contribution in [0.5, 0.6) is 5.75 Å². The molecule has 2 aliphatic carbocycles. The molecule has 0 heterocycles. The predicted molar refractivity (Wildman–Crippen MR) is 81.8 cm³/mol. The van der Waals surface area contributed by atoms with E-state index in [-0.39, 0.29) is 11.3 Å². The number of hydrogen-bond donors (Lipinski definition) is 1. The minimum atomic E-state index is -0.607. The maximum Gasteiger partial charge on any atom is 0.310 e. The fourth-order valence-corrected chi connectivity index (χ4v) is 4.28. The van der Waals surface area contributed by atoms with Gasteiger partial charge in [0.2, 0.25) is 0 Å². The molecule has 114 valence electrons. The van der Waals surface area contributed by atoms with E-state index in [4.69, 9.17) is 4.74 Å². The van der Waals surface area contributed by atoms with E-state index in [9.17, 15) is 9.90 Å². The van der Waals surface area contributed by atoms with E-state index in [0.717, 1.165) is 37.9 Å². The molecule has 3 heteroatoms. The van der Waals surface area contributed by atoms with Gasteiger partial charge in [-0.3, -0.25) is 4.79 Å². The lowest BCUT2D eigenvalue weighted by molar-refractivity contribution is -0.155. The van der Waals surface area contributed by atoms with Crippen LogP contribution in [0.25, 0.3) is 0 Å². The molecule has 2 atom stereocenters. The van der Waals surface area contributed by atoms with Crippen LogP contribution in [0.3, 0.4) is 0 Å². The Hall–Kier alpha value is -1.51. The van der Waals surface area contributed by atoms with Crippen LogP contribution >= 0.6 is 0 Å². The van der Waals surface area contributed by atoms with Crippen LogP contribution in [0.15, 0.2) is 18.2 Å². The van der Waals surface area contributed by atoms with E-state index < -0.39 is 11.4 Å². The van der Waals surface area contributed by atoms with Crippen molar-refractivity contribution in [3.8, 4) is 5.75 Å². The third-order valence-electron chi connectivity index (χ3n) is 5.66. The molecule has 1 aromatic rings. The normalized spacial score (nSPS) is 30.1. The number of carboxylic acid groups (broad SMARTS) is 1. The van der Waals surface area contributed by atoms with E-state index in [1.54, 1.807) is 7.11 Å². The molecule has 1 saturated carbocycles. The van der Waals surface area contributed by atoms with Crippen molar-refractivity contribution in [1.82, 2.24) is 0 Å². The van der Waals surface area contributed by atoms with Gasteiger partial charge in [0, 0.05) is 5.92 Å². The number of methoxy groups -OCH3 is 1. The van der Waals surface area contributed by atoms with Gasteiger partial charge in [-0.2, -0.15) is 0 Å². The van der Waals surface area contributed by atoms with Gasteiger partial charge in [-0.1, -0.05) is 19.9 Å². The number of aliphatic carboxylic acids is 1. The molecule has 0 bridgehead atoms. The SMILES string of the molecule is COc1ccc2c(c1)CC[C@@]1(C(=O)O)CCC(C)(C)C[C@H]21. The number of aryl methyl sites for hydroxylation is 1. The predicted octanol–water partition coefficient (Wildman–Crippen LogP) is 4.01. The lowest BCUT2D eigenvalue weighted by atomic mass is 9.53. The molecule has 3 rings (SSSR count). The molecule has 0 unspecified atom stereocenters. The minimum absolute atomic E-state index is 0.133. The summed E-state index contributed by atoms with van der Waals surface area (Å²) in [6, 6.07) is 6.15. The average molecular weight is 288 g/mol. The first-order chi connectivity index (χ1) is 9.88. The molecular weight excluding hydrogens is 264 g/mol. The second kappa shape index (κ2) is 4.75. The number of benzene rings is 1. The number of rotatable bonds is 2. The van der Waals surface area contributed by atoms with Gasteiger partial charge in [0.05, 0.1) is 12.5 Å². The van der Waals surface area contributed by atoms with Gasteiger partial charge in [-0.05, 0) is 60.8 Å². The lowest BCUT2D eigenvalue weighted by Crippen LogP contribution is -2.46. The van der Waals surface area contributed by atoms with Crippen molar-refractivity contribution in [1.29, 1.82) is 0 Å². The van der Waals surface area contributed by atoms with Crippen LogP contribution in [0.4, 0.5) is 0 Å². The van der Waals surface area contributed by atoms with Gasteiger partial charge in [-0.15, -0.1) is 0 Å². The van der Waals surface area contributed by atoms with Crippen molar-refractivity contribution in [3.05, 3.63) is 29.3 Å². The van der Waals surface area contributed by atoms with Gasteiger partial charge in [0.1, 0.15) is 5.75 Å². The molecule has 0 aliphatic heterocycles.